The van der Waals surface area contributed by atoms with Crippen molar-refractivity contribution in [1.29, 1.82) is 0 Å². The van der Waals surface area contributed by atoms with Crippen LogP contribution in [0, 0.1) is 0 Å². The van der Waals surface area contributed by atoms with Crippen LogP contribution in [-0.4, -0.2) is 27.9 Å². The fourth-order valence-electron chi connectivity index (χ4n) is 2.91. The van der Waals surface area contributed by atoms with Gasteiger partial charge in [0.05, 0.1) is 0 Å². The maximum Gasteiger partial charge on any atom is 0.457 e. The number of hydrogen-bond donors (Lipinski definition) is 0. The van der Waals surface area contributed by atoms with Crippen molar-refractivity contribution in [2.75, 3.05) is 0 Å². The maximum atomic E-state index is 14.0. The molecule has 0 saturated heterocycles. The minimum Gasteiger partial charge on any atom is -0.227 e. The van der Waals surface area contributed by atoms with Gasteiger partial charge in [-0.3, -0.25) is 0 Å². The molecule has 10 heteroatoms. The van der Waals surface area contributed by atoms with Crippen molar-refractivity contribution in [3.63, 3.8) is 0 Å². The maximum absolute atomic E-state index is 14.0. The quantitative estimate of drug-likeness (QED) is 0.0890. The zero-order valence-electron chi connectivity index (χ0n) is 15.8. The standard InChI is InChI=1S/C18H28F9I/c1-2-3-4-5-6-7-8-9-10-11-12-14(28)13-15(19,17(22,23)24)16(20,21)18(25,26)27/h14H,2-13H2,1H3. The lowest BCUT2D eigenvalue weighted by atomic mass is 9.89. The van der Waals surface area contributed by atoms with E-state index in [4.69, 9.17) is 0 Å². The Kier molecular flexibility index (Phi) is 12.1. The summed E-state index contributed by atoms with van der Waals surface area (Å²) in [5.74, 6) is -6.50. The van der Waals surface area contributed by atoms with Crippen molar-refractivity contribution < 1.29 is 39.5 Å². The summed E-state index contributed by atoms with van der Waals surface area (Å²) in [5.41, 5.74) is -5.64. The molecule has 0 aliphatic carbocycles. The van der Waals surface area contributed by atoms with Crippen molar-refractivity contribution in [3.8, 4) is 0 Å². The lowest BCUT2D eigenvalue weighted by molar-refractivity contribution is -0.384. The van der Waals surface area contributed by atoms with Gasteiger partial charge in [-0.15, -0.1) is 0 Å². The SMILES string of the molecule is CCCCCCCCCCCCC(I)CC(F)(C(F)(F)F)C(F)(F)C(F)(F)F. The first-order valence-corrected chi connectivity index (χ1v) is 10.8. The van der Waals surface area contributed by atoms with E-state index >= 15 is 0 Å². The molecule has 0 N–H and O–H groups in total. The van der Waals surface area contributed by atoms with E-state index in [0.717, 1.165) is 38.5 Å². The minimum atomic E-state index is -6.62. The van der Waals surface area contributed by atoms with E-state index in [2.05, 4.69) is 6.92 Å². The minimum absolute atomic E-state index is 0.0489. The molecule has 0 aromatic rings. The number of rotatable bonds is 14. The second-order valence-electron chi connectivity index (χ2n) is 7.14. The van der Waals surface area contributed by atoms with Crippen molar-refractivity contribution in [2.45, 2.75) is 112 Å². The molecule has 0 fully saturated rings. The molecule has 0 bridgehead atoms. The van der Waals surface area contributed by atoms with Gasteiger partial charge in [-0.1, -0.05) is 93.7 Å². The first-order chi connectivity index (χ1) is 12.7. The van der Waals surface area contributed by atoms with E-state index in [9.17, 15) is 39.5 Å². The summed E-state index contributed by atoms with van der Waals surface area (Å²) in [5, 5.41) is 0. The summed E-state index contributed by atoms with van der Waals surface area (Å²) in [6.45, 7) is 2.12. The zero-order valence-corrected chi connectivity index (χ0v) is 18.0. The molecule has 0 spiro atoms. The lowest BCUT2D eigenvalue weighted by Gasteiger charge is -2.37. The van der Waals surface area contributed by atoms with Crippen molar-refractivity contribution in [2.24, 2.45) is 0 Å². The molecule has 170 valence electrons. The predicted molar refractivity (Wildman–Crippen MR) is 99.8 cm³/mol. The first kappa shape index (κ1) is 28.1. The first-order valence-electron chi connectivity index (χ1n) is 9.55. The highest BCUT2D eigenvalue weighted by atomic mass is 127. The molecular weight excluding hydrogens is 514 g/mol. The molecule has 0 aliphatic rings. The zero-order chi connectivity index (χ0) is 22.1. The van der Waals surface area contributed by atoms with Crippen molar-refractivity contribution in [3.05, 3.63) is 0 Å². The van der Waals surface area contributed by atoms with Gasteiger partial charge in [0.15, 0.2) is 0 Å². The van der Waals surface area contributed by atoms with Gasteiger partial charge in [0.2, 0.25) is 0 Å². The molecule has 0 amide bonds. The smallest absolute Gasteiger partial charge is 0.227 e. The third-order valence-electron chi connectivity index (χ3n) is 4.68. The van der Waals surface area contributed by atoms with Crippen molar-refractivity contribution >= 4 is 22.6 Å². The molecule has 2 atom stereocenters. The molecular formula is C18H28F9I. The molecule has 0 aromatic heterocycles. The fourth-order valence-corrected chi connectivity index (χ4v) is 3.95. The van der Waals surface area contributed by atoms with Gasteiger partial charge in [-0.2, -0.15) is 35.1 Å². The second kappa shape index (κ2) is 12.1. The molecule has 0 aromatic carbocycles. The Morgan fingerprint density at radius 3 is 1.36 bits per heavy atom. The lowest BCUT2D eigenvalue weighted by Crippen LogP contribution is -2.62. The third-order valence-corrected chi connectivity index (χ3v) is 5.74. The average molecular weight is 542 g/mol. The van der Waals surface area contributed by atoms with Crippen LogP contribution in [0.2, 0.25) is 0 Å². The van der Waals surface area contributed by atoms with Crippen LogP contribution in [0.25, 0.3) is 0 Å². The van der Waals surface area contributed by atoms with Gasteiger partial charge in [0.1, 0.15) is 0 Å². The van der Waals surface area contributed by atoms with Gasteiger partial charge >= 0.3 is 18.3 Å². The Hall–Kier alpha value is 0.1000. The summed E-state index contributed by atoms with van der Waals surface area (Å²) in [7, 11) is 0. The molecule has 0 radical (unpaired) electrons. The van der Waals surface area contributed by atoms with Gasteiger partial charge in [0.25, 0.3) is 5.67 Å². The largest absolute Gasteiger partial charge is 0.457 e. The summed E-state index contributed by atoms with van der Waals surface area (Å²) >= 11 is 1.32. The van der Waals surface area contributed by atoms with Crippen LogP contribution in [0.5, 0.6) is 0 Å². The molecule has 2 unspecified atom stereocenters. The molecule has 0 rings (SSSR count). The van der Waals surface area contributed by atoms with Crippen LogP contribution < -0.4 is 0 Å². The van der Waals surface area contributed by atoms with E-state index in [1.54, 1.807) is 0 Å². The van der Waals surface area contributed by atoms with Crippen LogP contribution in [-0.2, 0) is 0 Å². The van der Waals surface area contributed by atoms with E-state index in [0.29, 0.717) is 12.8 Å². The summed E-state index contributed by atoms with van der Waals surface area (Å²) in [6.07, 6.45) is -5.42. The number of hydrogen-bond acceptors (Lipinski definition) is 0. The molecule has 0 saturated carbocycles. The van der Waals surface area contributed by atoms with Gasteiger partial charge in [-0.25, -0.2) is 4.39 Å². The molecule has 0 aliphatic heterocycles. The van der Waals surface area contributed by atoms with Crippen LogP contribution in [0.15, 0.2) is 0 Å². The predicted octanol–water partition coefficient (Wildman–Crippen LogP) is 8.96. The summed E-state index contributed by atoms with van der Waals surface area (Å²) < 4.78 is 115. The van der Waals surface area contributed by atoms with E-state index in [1.807, 2.05) is 0 Å². The Morgan fingerprint density at radius 1 is 0.607 bits per heavy atom. The van der Waals surface area contributed by atoms with Crippen LogP contribution in [0.4, 0.5) is 39.5 Å². The van der Waals surface area contributed by atoms with Crippen LogP contribution >= 0.6 is 22.6 Å². The van der Waals surface area contributed by atoms with Crippen LogP contribution in [0.3, 0.4) is 0 Å². The highest BCUT2D eigenvalue weighted by Crippen LogP contribution is 2.55. The Morgan fingerprint density at radius 2 is 1.00 bits per heavy atom. The Bertz CT molecular complexity index is 420. The van der Waals surface area contributed by atoms with Crippen LogP contribution in [0.1, 0.15) is 84.0 Å². The van der Waals surface area contributed by atoms with Gasteiger partial charge < -0.3 is 0 Å². The monoisotopic (exact) mass is 542 g/mol. The summed E-state index contributed by atoms with van der Waals surface area (Å²) in [6, 6.07) is 0. The normalized spacial score (nSPS) is 16.8. The van der Waals surface area contributed by atoms with Crippen molar-refractivity contribution in [1.82, 2.24) is 0 Å². The number of alkyl halides is 10. The van der Waals surface area contributed by atoms with Gasteiger partial charge in [0, 0.05) is 10.3 Å². The Labute approximate surface area is 174 Å². The number of halogens is 10. The highest BCUT2D eigenvalue weighted by Gasteiger charge is 2.80. The fraction of sp³-hybridized carbons (Fsp3) is 1.00. The molecule has 0 nitrogen and oxygen atoms in total. The highest BCUT2D eigenvalue weighted by molar-refractivity contribution is 14.1. The van der Waals surface area contributed by atoms with E-state index in [1.165, 1.54) is 35.4 Å². The molecule has 0 heterocycles. The van der Waals surface area contributed by atoms with E-state index in [-0.39, 0.29) is 6.42 Å². The summed E-state index contributed by atoms with van der Waals surface area (Å²) in [4.78, 5) is 0. The van der Waals surface area contributed by atoms with Gasteiger partial charge in [-0.05, 0) is 6.42 Å². The van der Waals surface area contributed by atoms with E-state index < -0.39 is 34.3 Å². The topological polar surface area (TPSA) is 0 Å². The third kappa shape index (κ3) is 8.45. The Balaban J connectivity index is 4.41. The number of unbranched alkanes of at least 4 members (excludes halogenated alkanes) is 9. The second-order valence-corrected chi connectivity index (χ2v) is 8.90. The molecule has 28 heavy (non-hydrogen) atoms. The average Bonchev–Trinajstić information content (AvgIpc) is 2.54.